The van der Waals surface area contributed by atoms with E-state index in [9.17, 15) is 9.59 Å². The Morgan fingerprint density at radius 2 is 1.71 bits per heavy atom. The van der Waals surface area contributed by atoms with E-state index in [1.54, 1.807) is 24.3 Å². The number of allylic oxidation sites excluding steroid dienone is 2. The van der Waals surface area contributed by atoms with E-state index < -0.39 is 5.24 Å². The Morgan fingerprint density at radius 1 is 1.14 bits per heavy atom. The third-order valence-corrected chi connectivity index (χ3v) is 2.15. The van der Waals surface area contributed by atoms with Crippen molar-refractivity contribution in [1.82, 2.24) is 0 Å². The highest BCUT2D eigenvalue weighted by molar-refractivity contribution is 9.10. The summed E-state index contributed by atoms with van der Waals surface area (Å²) in [6.45, 7) is 0. The smallest absolute Gasteiger partial charge is 0.245 e. The standard InChI is InChI=1S/C10H6BrClO2/c11-8-3-1-7(2-4-8)9(13)5-6-10(12)14/h1-6H/b6-5+. The van der Waals surface area contributed by atoms with Gasteiger partial charge in [0.15, 0.2) is 5.78 Å². The zero-order valence-corrected chi connectivity index (χ0v) is 9.38. The van der Waals surface area contributed by atoms with Gasteiger partial charge in [-0.3, -0.25) is 9.59 Å². The minimum absolute atomic E-state index is 0.244. The summed E-state index contributed by atoms with van der Waals surface area (Å²) in [6, 6.07) is 6.83. The maximum Gasteiger partial charge on any atom is 0.245 e. The van der Waals surface area contributed by atoms with Gasteiger partial charge in [-0.15, -0.1) is 0 Å². The molecule has 0 aliphatic carbocycles. The third kappa shape index (κ3) is 3.44. The summed E-state index contributed by atoms with van der Waals surface area (Å²) in [5.74, 6) is -0.244. The Bertz CT molecular complexity index is 382. The van der Waals surface area contributed by atoms with Gasteiger partial charge in [0, 0.05) is 16.1 Å². The summed E-state index contributed by atoms with van der Waals surface area (Å²) in [5.41, 5.74) is 0.516. The molecular formula is C10H6BrClO2. The summed E-state index contributed by atoms with van der Waals surface area (Å²) in [4.78, 5) is 21.7. The van der Waals surface area contributed by atoms with Crippen molar-refractivity contribution in [3.8, 4) is 0 Å². The highest BCUT2D eigenvalue weighted by atomic mass is 79.9. The molecule has 72 valence electrons. The zero-order valence-electron chi connectivity index (χ0n) is 7.04. The summed E-state index contributed by atoms with van der Waals surface area (Å²) in [7, 11) is 0. The van der Waals surface area contributed by atoms with E-state index in [4.69, 9.17) is 11.6 Å². The summed E-state index contributed by atoms with van der Waals surface area (Å²) >= 11 is 8.30. The molecule has 1 rings (SSSR count). The zero-order chi connectivity index (χ0) is 10.6. The second kappa shape index (κ2) is 5.08. The fourth-order valence-corrected chi connectivity index (χ4v) is 1.18. The SMILES string of the molecule is O=C(Cl)/C=C/C(=O)c1ccc(Br)cc1. The number of carbonyl (C=O) groups is 2. The molecule has 0 unspecified atom stereocenters. The maximum absolute atomic E-state index is 11.3. The second-order valence-corrected chi connectivity index (χ2v) is 3.80. The van der Waals surface area contributed by atoms with Crippen LogP contribution in [0.5, 0.6) is 0 Å². The Hall–Kier alpha value is -0.930. The molecule has 0 radical (unpaired) electrons. The van der Waals surface area contributed by atoms with Gasteiger partial charge in [-0.2, -0.15) is 0 Å². The van der Waals surface area contributed by atoms with E-state index in [1.807, 2.05) is 0 Å². The Morgan fingerprint density at radius 3 is 2.21 bits per heavy atom. The van der Waals surface area contributed by atoms with Gasteiger partial charge in [-0.05, 0) is 41.9 Å². The predicted molar refractivity (Wildman–Crippen MR) is 58.5 cm³/mol. The van der Waals surface area contributed by atoms with Crippen molar-refractivity contribution in [1.29, 1.82) is 0 Å². The van der Waals surface area contributed by atoms with E-state index in [0.29, 0.717) is 5.56 Å². The molecule has 0 aliphatic rings. The minimum Gasteiger partial charge on any atom is -0.289 e. The van der Waals surface area contributed by atoms with Gasteiger partial charge in [0.05, 0.1) is 0 Å². The average molecular weight is 274 g/mol. The monoisotopic (exact) mass is 272 g/mol. The van der Waals surface area contributed by atoms with Crippen LogP contribution in [0.15, 0.2) is 40.9 Å². The van der Waals surface area contributed by atoms with E-state index >= 15 is 0 Å². The Labute approximate surface area is 94.7 Å². The van der Waals surface area contributed by atoms with Gasteiger partial charge in [0.1, 0.15) is 0 Å². The van der Waals surface area contributed by atoms with Crippen molar-refractivity contribution in [2.24, 2.45) is 0 Å². The van der Waals surface area contributed by atoms with E-state index in [1.165, 1.54) is 0 Å². The van der Waals surface area contributed by atoms with Crippen molar-refractivity contribution >= 4 is 38.6 Å². The van der Waals surface area contributed by atoms with E-state index in [0.717, 1.165) is 16.6 Å². The van der Waals surface area contributed by atoms with Crippen LogP contribution in [-0.4, -0.2) is 11.0 Å². The molecule has 0 amide bonds. The molecule has 0 saturated carbocycles. The first kappa shape index (κ1) is 11.1. The molecule has 0 bridgehead atoms. The number of ketones is 1. The number of halogens is 2. The van der Waals surface area contributed by atoms with Crippen LogP contribution in [0.25, 0.3) is 0 Å². The largest absolute Gasteiger partial charge is 0.289 e. The van der Waals surface area contributed by atoms with Gasteiger partial charge in [-0.25, -0.2) is 0 Å². The van der Waals surface area contributed by atoms with Crippen LogP contribution >= 0.6 is 27.5 Å². The number of hydrogen-bond donors (Lipinski definition) is 0. The first-order valence-electron chi connectivity index (χ1n) is 3.77. The lowest BCUT2D eigenvalue weighted by atomic mass is 10.1. The lowest BCUT2D eigenvalue weighted by Gasteiger charge is -1.94. The summed E-state index contributed by atoms with van der Waals surface area (Å²) in [5, 5.41) is -0.657. The van der Waals surface area contributed by atoms with Crippen LogP contribution in [0, 0.1) is 0 Å². The molecule has 0 saturated heterocycles. The van der Waals surface area contributed by atoms with Crippen LogP contribution in [0.4, 0.5) is 0 Å². The Kier molecular flexibility index (Phi) is 4.04. The highest BCUT2D eigenvalue weighted by Gasteiger charge is 2.01. The fraction of sp³-hybridized carbons (Fsp3) is 0. The molecule has 4 heteroatoms. The first-order valence-corrected chi connectivity index (χ1v) is 4.94. The van der Waals surface area contributed by atoms with Gasteiger partial charge < -0.3 is 0 Å². The molecule has 0 spiro atoms. The molecule has 0 atom stereocenters. The lowest BCUT2D eigenvalue weighted by molar-refractivity contribution is -0.107. The quantitative estimate of drug-likeness (QED) is 0.482. The minimum atomic E-state index is -0.657. The van der Waals surface area contributed by atoms with Gasteiger partial charge in [0.25, 0.3) is 0 Å². The third-order valence-electron chi connectivity index (χ3n) is 1.49. The average Bonchev–Trinajstić information content (AvgIpc) is 2.15. The van der Waals surface area contributed by atoms with Crippen LogP contribution < -0.4 is 0 Å². The molecule has 0 heterocycles. The molecular weight excluding hydrogens is 267 g/mol. The molecule has 1 aromatic rings. The number of carbonyl (C=O) groups excluding carboxylic acids is 2. The van der Waals surface area contributed by atoms with Gasteiger partial charge in [0.2, 0.25) is 5.24 Å². The van der Waals surface area contributed by atoms with Crippen LogP contribution in [0.2, 0.25) is 0 Å². The Balaban J connectivity index is 2.80. The topological polar surface area (TPSA) is 34.1 Å². The van der Waals surface area contributed by atoms with E-state index in [-0.39, 0.29) is 5.78 Å². The summed E-state index contributed by atoms with van der Waals surface area (Å²) < 4.78 is 0.895. The van der Waals surface area contributed by atoms with E-state index in [2.05, 4.69) is 15.9 Å². The first-order chi connectivity index (χ1) is 6.59. The van der Waals surface area contributed by atoms with Crippen molar-refractivity contribution in [3.05, 3.63) is 46.5 Å². The number of hydrogen-bond acceptors (Lipinski definition) is 2. The van der Waals surface area contributed by atoms with Crippen LogP contribution in [0.3, 0.4) is 0 Å². The molecule has 0 aliphatic heterocycles. The number of rotatable bonds is 3. The molecule has 0 N–H and O–H groups in total. The molecule has 2 nitrogen and oxygen atoms in total. The van der Waals surface area contributed by atoms with Gasteiger partial charge in [-0.1, -0.05) is 15.9 Å². The fourth-order valence-electron chi connectivity index (χ4n) is 0.852. The number of benzene rings is 1. The molecule has 0 fully saturated rings. The molecule has 14 heavy (non-hydrogen) atoms. The van der Waals surface area contributed by atoms with Crippen molar-refractivity contribution < 1.29 is 9.59 Å². The predicted octanol–water partition coefficient (Wildman–Crippen LogP) is 2.95. The summed E-state index contributed by atoms with van der Waals surface area (Å²) in [6.07, 6.45) is 2.19. The maximum atomic E-state index is 11.3. The molecule has 1 aromatic carbocycles. The lowest BCUT2D eigenvalue weighted by Crippen LogP contribution is -1.94. The second-order valence-electron chi connectivity index (χ2n) is 2.51. The van der Waals surface area contributed by atoms with Crippen molar-refractivity contribution in [2.75, 3.05) is 0 Å². The van der Waals surface area contributed by atoms with Crippen LogP contribution in [-0.2, 0) is 4.79 Å². The van der Waals surface area contributed by atoms with Gasteiger partial charge >= 0.3 is 0 Å². The van der Waals surface area contributed by atoms with Crippen molar-refractivity contribution in [2.45, 2.75) is 0 Å². The van der Waals surface area contributed by atoms with Crippen LogP contribution in [0.1, 0.15) is 10.4 Å². The highest BCUT2D eigenvalue weighted by Crippen LogP contribution is 2.11. The normalized spacial score (nSPS) is 10.4. The molecule has 0 aromatic heterocycles. The van der Waals surface area contributed by atoms with Crippen molar-refractivity contribution in [3.63, 3.8) is 0 Å².